The summed E-state index contributed by atoms with van der Waals surface area (Å²) in [5.74, 6) is -0.109. The summed E-state index contributed by atoms with van der Waals surface area (Å²) in [7, 11) is -3.10. The van der Waals surface area contributed by atoms with Crippen LogP contribution in [-0.2, 0) is 14.6 Å². The predicted molar refractivity (Wildman–Crippen MR) is 83.1 cm³/mol. The normalized spacial score (nSPS) is 22.5. The maximum Gasteiger partial charge on any atom is 0.272 e. The smallest absolute Gasteiger partial charge is 0.272 e. The maximum atomic E-state index is 11.9. The fourth-order valence-electron chi connectivity index (χ4n) is 2.55. The van der Waals surface area contributed by atoms with Crippen LogP contribution in [-0.4, -0.2) is 42.9 Å². The third-order valence-electron chi connectivity index (χ3n) is 3.68. The molecule has 0 radical (unpaired) electrons. The van der Waals surface area contributed by atoms with Crippen molar-refractivity contribution in [3.8, 4) is 5.75 Å². The molecule has 1 atom stereocenters. The monoisotopic (exact) mass is 342 g/mol. The lowest BCUT2D eigenvalue weighted by Crippen LogP contribution is -2.48. The van der Waals surface area contributed by atoms with Gasteiger partial charge in [-0.2, -0.15) is 0 Å². The molecule has 1 heterocycles. The van der Waals surface area contributed by atoms with Crippen molar-refractivity contribution in [1.29, 1.82) is 0 Å². The van der Waals surface area contributed by atoms with Gasteiger partial charge in [-0.05, 0) is 32.4 Å². The lowest BCUT2D eigenvalue weighted by molar-refractivity contribution is -0.385. The Morgan fingerprint density at radius 3 is 2.70 bits per heavy atom. The summed E-state index contributed by atoms with van der Waals surface area (Å²) in [6.45, 7) is 2.98. The van der Waals surface area contributed by atoms with Gasteiger partial charge in [-0.1, -0.05) is 0 Å². The van der Waals surface area contributed by atoms with E-state index in [1.165, 1.54) is 18.2 Å². The molecule has 23 heavy (non-hydrogen) atoms. The summed E-state index contributed by atoms with van der Waals surface area (Å²) in [6, 6.07) is 4.21. The summed E-state index contributed by atoms with van der Waals surface area (Å²) >= 11 is 0. The van der Waals surface area contributed by atoms with Crippen molar-refractivity contribution in [1.82, 2.24) is 5.32 Å². The Morgan fingerprint density at radius 1 is 1.48 bits per heavy atom. The van der Waals surface area contributed by atoms with Gasteiger partial charge in [0.15, 0.2) is 16.4 Å². The van der Waals surface area contributed by atoms with Crippen LogP contribution in [0.4, 0.5) is 5.69 Å². The molecule has 9 heteroatoms. The highest BCUT2D eigenvalue weighted by molar-refractivity contribution is 7.91. The zero-order valence-corrected chi connectivity index (χ0v) is 13.7. The van der Waals surface area contributed by atoms with E-state index in [1.54, 1.807) is 13.8 Å². The summed E-state index contributed by atoms with van der Waals surface area (Å²) in [6.07, 6.45) is 0.373. The van der Waals surface area contributed by atoms with Crippen LogP contribution in [0.25, 0.3) is 0 Å². The van der Waals surface area contributed by atoms with Gasteiger partial charge in [0.2, 0.25) is 0 Å². The number of carbonyl (C=O) groups excluding carboxylic acids is 1. The van der Waals surface area contributed by atoms with Crippen LogP contribution in [0, 0.1) is 17.0 Å². The number of nitrogens with one attached hydrogen (secondary N) is 1. The van der Waals surface area contributed by atoms with E-state index >= 15 is 0 Å². The second kappa shape index (κ2) is 6.15. The summed E-state index contributed by atoms with van der Waals surface area (Å²) in [4.78, 5) is 22.1. The van der Waals surface area contributed by atoms with E-state index in [1.807, 2.05) is 0 Å². The van der Waals surface area contributed by atoms with Crippen LogP contribution in [0.3, 0.4) is 0 Å². The van der Waals surface area contributed by atoms with Gasteiger partial charge >= 0.3 is 0 Å². The molecule has 1 aliphatic rings. The number of benzene rings is 1. The van der Waals surface area contributed by atoms with Crippen molar-refractivity contribution < 1.29 is 22.9 Å². The standard InChI is InChI=1S/C14H18N2O6S/c1-10-7-11(3-4-12(10)16(18)19)22-8-13(17)15-14(2)5-6-23(20,21)9-14/h3-4,7H,5-6,8-9H2,1-2H3,(H,15,17). The lowest BCUT2D eigenvalue weighted by Gasteiger charge is -2.23. The van der Waals surface area contributed by atoms with Gasteiger partial charge < -0.3 is 10.1 Å². The molecule has 0 aromatic heterocycles. The van der Waals surface area contributed by atoms with Gasteiger partial charge in [-0.15, -0.1) is 0 Å². The Balaban J connectivity index is 1.92. The number of carbonyl (C=O) groups is 1. The van der Waals surface area contributed by atoms with Crippen molar-refractivity contribution >= 4 is 21.4 Å². The number of aryl methyl sites for hydroxylation is 1. The van der Waals surface area contributed by atoms with E-state index in [-0.39, 0.29) is 23.8 Å². The number of amides is 1. The summed E-state index contributed by atoms with van der Waals surface area (Å²) < 4.78 is 28.3. The number of hydrogen-bond donors (Lipinski definition) is 1. The molecule has 1 aliphatic heterocycles. The largest absolute Gasteiger partial charge is 0.484 e. The minimum atomic E-state index is -3.10. The van der Waals surface area contributed by atoms with E-state index in [0.29, 0.717) is 17.7 Å². The molecule has 1 N–H and O–H groups in total. The van der Waals surface area contributed by atoms with Crippen LogP contribution < -0.4 is 10.1 Å². The van der Waals surface area contributed by atoms with Crippen molar-refractivity contribution in [2.24, 2.45) is 0 Å². The van der Waals surface area contributed by atoms with Crippen molar-refractivity contribution in [3.63, 3.8) is 0 Å². The first-order valence-corrected chi connectivity index (χ1v) is 8.82. The van der Waals surface area contributed by atoms with Crippen molar-refractivity contribution in [3.05, 3.63) is 33.9 Å². The minimum absolute atomic E-state index is 0.0227. The molecule has 126 valence electrons. The van der Waals surface area contributed by atoms with Crippen LogP contribution in [0.5, 0.6) is 5.75 Å². The maximum absolute atomic E-state index is 11.9. The molecule has 1 aromatic rings. The molecule has 1 fully saturated rings. The number of ether oxygens (including phenoxy) is 1. The van der Waals surface area contributed by atoms with E-state index in [0.717, 1.165) is 0 Å². The molecule has 0 bridgehead atoms. The molecule has 0 aliphatic carbocycles. The van der Waals surface area contributed by atoms with Gasteiger partial charge in [0.05, 0.1) is 22.0 Å². The van der Waals surface area contributed by atoms with E-state index in [9.17, 15) is 23.3 Å². The fourth-order valence-corrected chi connectivity index (χ4v) is 4.65. The predicted octanol–water partition coefficient (Wildman–Crippen LogP) is 0.975. The van der Waals surface area contributed by atoms with Crippen molar-refractivity contribution in [2.45, 2.75) is 25.8 Å². The summed E-state index contributed by atoms with van der Waals surface area (Å²) in [5.41, 5.74) is -0.364. The van der Waals surface area contributed by atoms with Crippen molar-refractivity contribution in [2.75, 3.05) is 18.1 Å². The van der Waals surface area contributed by atoms with Gasteiger partial charge in [0.25, 0.3) is 11.6 Å². The molecule has 1 unspecified atom stereocenters. The average Bonchev–Trinajstić information content (AvgIpc) is 2.69. The molecule has 1 aromatic carbocycles. The number of nitrogens with zero attached hydrogens (tertiary/aromatic N) is 1. The topological polar surface area (TPSA) is 116 Å². The molecule has 1 saturated heterocycles. The first-order valence-electron chi connectivity index (χ1n) is 7.00. The molecule has 2 rings (SSSR count). The highest BCUT2D eigenvalue weighted by Gasteiger charge is 2.39. The highest BCUT2D eigenvalue weighted by atomic mass is 32.2. The number of nitro benzene ring substituents is 1. The third kappa shape index (κ3) is 4.41. The van der Waals surface area contributed by atoms with Crippen LogP contribution >= 0.6 is 0 Å². The van der Waals surface area contributed by atoms with Crippen LogP contribution in [0.1, 0.15) is 18.9 Å². The second-order valence-electron chi connectivity index (χ2n) is 5.94. The Labute approximate surface area is 133 Å². The SMILES string of the molecule is Cc1cc(OCC(=O)NC2(C)CCS(=O)(=O)C2)ccc1[N+](=O)[O-]. The highest BCUT2D eigenvalue weighted by Crippen LogP contribution is 2.24. The Bertz CT molecular complexity index is 746. The molecule has 1 amide bonds. The number of sulfone groups is 1. The molecule has 8 nitrogen and oxygen atoms in total. The summed E-state index contributed by atoms with van der Waals surface area (Å²) in [5, 5.41) is 13.4. The molecule has 0 saturated carbocycles. The first kappa shape index (κ1) is 17.2. The Hall–Kier alpha value is -2.16. The van der Waals surface area contributed by atoms with E-state index < -0.39 is 26.2 Å². The Kier molecular flexibility index (Phi) is 4.60. The number of nitro groups is 1. The Morgan fingerprint density at radius 2 is 2.17 bits per heavy atom. The van der Waals surface area contributed by atoms with E-state index in [4.69, 9.17) is 4.74 Å². The quantitative estimate of drug-likeness (QED) is 0.630. The van der Waals surface area contributed by atoms with E-state index in [2.05, 4.69) is 5.32 Å². The van der Waals surface area contributed by atoms with Crippen LogP contribution in [0.2, 0.25) is 0 Å². The van der Waals surface area contributed by atoms with Gasteiger partial charge in [-0.25, -0.2) is 8.42 Å². The first-order chi connectivity index (χ1) is 10.6. The van der Waals surface area contributed by atoms with Crippen LogP contribution in [0.15, 0.2) is 18.2 Å². The average molecular weight is 342 g/mol. The zero-order chi connectivity index (χ0) is 17.3. The van der Waals surface area contributed by atoms with Gasteiger partial charge in [-0.3, -0.25) is 14.9 Å². The number of hydrogen-bond acceptors (Lipinski definition) is 6. The molecular formula is C14H18N2O6S. The third-order valence-corrected chi connectivity index (χ3v) is 5.58. The molecular weight excluding hydrogens is 324 g/mol. The number of rotatable bonds is 5. The van der Waals surface area contributed by atoms with Gasteiger partial charge in [0, 0.05) is 11.6 Å². The second-order valence-corrected chi connectivity index (χ2v) is 8.13. The minimum Gasteiger partial charge on any atom is -0.484 e. The lowest BCUT2D eigenvalue weighted by atomic mass is 10.0. The van der Waals surface area contributed by atoms with Gasteiger partial charge in [0.1, 0.15) is 5.75 Å². The zero-order valence-electron chi connectivity index (χ0n) is 12.9. The molecule has 0 spiro atoms. The fraction of sp³-hybridized carbons (Fsp3) is 0.500.